The third kappa shape index (κ3) is 3.05. The zero-order chi connectivity index (χ0) is 15.5. The van der Waals surface area contributed by atoms with E-state index in [1.807, 2.05) is 24.9 Å². The van der Waals surface area contributed by atoms with Crippen molar-refractivity contribution in [3.05, 3.63) is 35.2 Å². The summed E-state index contributed by atoms with van der Waals surface area (Å²) >= 11 is 0. The number of carbonyl (C=O) groups is 1. The molecule has 6 heteroatoms. The fraction of sp³-hybridized carbons (Fsp3) is 0.562. The lowest BCUT2D eigenvalue weighted by Crippen LogP contribution is -2.39. The highest BCUT2D eigenvalue weighted by molar-refractivity contribution is 5.76. The van der Waals surface area contributed by atoms with Crippen molar-refractivity contribution in [3.63, 3.8) is 0 Å². The van der Waals surface area contributed by atoms with Gasteiger partial charge in [0.2, 0.25) is 5.91 Å². The van der Waals surface area contributed by atoms with Gasteiger partial charge in [-0.3, -0.25) is 9.89 Å². The molecule has 1 amide bonds. The highest BCUT2D eigenvalue weighted by atomic mass is 16.2. The fourth-order valence-electron chi connectivity index (χ4n) is 3.26. The minimum absolute atomic E-state index is 0.233. The van der Waals surface area contributed by atoms with Gasteiger partial charge in [-0.2, -0.15) is 5.10 Å². The molecule has 0 spiro atoms. The Bertz CT molecular complexity index is 612. The van der Waals surface area contributed by atoms with E-state index in [4.69, 9.17) is 0 Å². The summed E-state index contributed by atoms with van der Waals surface area (Å²) in [6.07, 6.45) is 7.07. The van der Waals surface area contributed by atoms with E-state index in [-0.39, 0.29) is 5.91 Å². The van der Waals surface area contributed by atoms with Crippen molar-refractivity contribution in [1.82, 2.24) is 25.1 Å². The van der Waals surface area contributed by atoms with Gasteiger partial charge in [0.05, 0.1) is 5.69 Å². The molecule has 118 valence electrons. The molecule has 3 heterocycles. The van der Waals surface area contributed by atoms with Crippen molar-refractivity contribution in [3.8, 4) is 0 Å². The molecule has 2 N–H and O–H groups in total. The first-order valence-corrected chi connectivity index (χ1v) is 7.92. The highest BCUT2D eigenvalue weighted by Crippen LogP contribution is 2.25. The Balaban J connectivity index is 1.58. The number of rotatable bonds is 4. The van der Waals surface area contributed by atoms with Crippen LogP contribution in [-0.4, -0.2) is 44.1 Å². The first kappa shape index (κ1) is 14.8. The van der Waals surface area contributed by atoms with Crippen LogP contribution in [-0.2, 0) is 11.2 Å². The number of hydrogen-bond donors (Lipinski definition) is 2. The standard InChI is InChI=1S/C16H23N5O/c1-11-14(12(2)20-19-11)5-6-15(22)21-9-3-4-13(10-21)16-17-7-8-18-16/h7-8,13H,3-6,9-10H2,1-2H3,(H,17,18)(H,19,20)/t13-/m1/s1. The lowest BCUT2D eigenvalue weighted by molar-refractivity contribution is -0.132. The summed E-state index contributed by atoms with van der Waals surface area (Å²) in [6, 6.07) is 0. The maximum atomic E-state index is 12.5. The van der Waals surface area contributed by atoms with Gasteiger partial charge >= 0.3 is 0 Å². The molecule has 3 rings (SSSR count). The van der Waals surface area contributed by atoms with Crippen LogP contribution in [0.5, 0.6) is 0 Å². The van der Waals surface area contributed by atoms with Gasteiger partial charge in [-0.05, 0) is 38.7 Å². The molecule has 2 aromatic heterocycles. The monoisotopic (exact) mass is 301 g/mol. The summed E-state index contributed by atoms with van der Waals surface area (Å²) in [7, 11) is 0. The fourth-order valence-corrected chi connectivity index (χ4v) is 3.26. The Labute approximate surface area is 130 Å². The number of aryl methyl sites for hydroxylation is 2. The third-order valence-corrected chi connectivity index (χ3v) is 4.55. The molecule has 0 aliphatic carbocycles. The first-order chi connectivity index (χ1) is 10.6. The zero-order valence-electron chi connectivity index (χ0n) is 13.2. The van der Waals surface area contributed by atoms with Crippen molar-refractivity contribution in [2.24, 2.45) is 0 Å². The maximum absolute atomic E-state index is 12.5. The van der Waals surface area contributed by atoms with E-state index in [0.717, 1.165) is 49.6 Å². The van der Waals surface area contributed by atoms with Crippen molar-refractivity contribution in [2.75, 3.05) is 13.1 Å². The van der Waals surface area contributed by atoms with Crippen LogP contribution in [0.25, 0.3) is 0 Å². The number of imidazole rings is 1. The average molecular weight is 301 g/mol. The van der Waals surface area contributed by atoms with Gasteiger partial charge in [0.15, 0.2) is 0 Å². The number of likely N-dealkylation sites (tertiary alicyclic amines) is 1. The second-order valence-electron chi connectivity index (χ2n) is 6.07. The van der Waals surface area contributed by atoms with E-state index in [1.54, 1.807) is 6.20 Å². The number of aromatic amines is 2. The van der Waals surface area contributed by atoms with Gasteiger partial charge in [-0.25, -0.2) is 4.98 Å². The van der Waals surface area contributed by atoms with Crippen molar-refractivity contribution in [1.29, 1.82) is 0 Å². The number of amides is 1. The summed E-state index contributed by atoms with van der Waals surface area (Å²) in [5, 5.41) is 7.17. The summed E-state index contributed by atoms with van der Waals surface area (Å²) in [4.78, 5) is 22.0. The molecule has 1 atom stereocenters. The van der Waals surface area contributed by atoms with Crippen LogP contribution in [0.4, 0.5) is 0 Å². The summed E-state index contributed by atoms with van der Waals surface area (Å²) in [5.41, 5.74) is 3.24. The van der Waals surface area contributed by atoms with Crippen LogP contribution >= 0.6 is 0 Å². The van der Waals surface area contributed by atoms with E-state index >= 15 is 0 Å². The number of carbonyl (C=O) groups excluding carboxylic acids is 1. The van der Waals surface area contributed by atoms with Gasteiger partial charge in [0.25, 0.3) is 0 Å². The van der Waals surface area contributed by atoms with E-state index in [9.17, 15) is 4.79 Å². The first-order valence-electron chi connectivity index (χ1n) is 7.92. The van der Waals surface area contributed by atoms with E-state index < -0.39 is 0 Å². The normalized spacial score (nSPS) is 18.6. The molecular formula is C16H23N5O. The van der Waals surface area contributed by atoms with Crippen LogP contribution in [0.15, 0.2) is 12.4 Å². The molecule has 0 unspecified atom stereocenters. The molecule has 1 saturated heterocycles. The quantitative estimate of drug-likeness (QED) is 0.907. The van der Waals surface area contributed by atoms with E-state index in [2.05, 4.69) is 20.2 Å². The van der Waals surface area contributed by atoms with Crippen LogP contribution in [0.3, 0.4) is 0 Å². The summed E-state index contributed by atoms with van der Waals surface area (Å²) in [5.74, 6) is 1.57. The van der Waals surface area contributed by atoms with Crippen molar-refractivity contribution in [2.45, 2.75) is 45.4 Å². The predicted molar refractivity (Wildman–Crippen MR) is 83.5 cm³/mol. The second kappa shape index (κ2) is 6.34. The third-order valence-electron chi connectivity index (χ3n) is 4.55. The summed E-state index contributed by atoms with van der Waals surface area (Å²) in [6.45, 7) is 5.62. The molecular weight excluding hydrogens is 278 g/mol. The Hall–Kier alpha value is -2.11. The molecule has 0 radical (unpaired) electrons. The molecule has 0 aromatic carbocycles. The van der Waals surface area contributed by atoms with Crippen LogP contribution in [0, 0.1) is 13.8 Å². The van der Waals surface area contributed by atoms with Crippen molar-refractivity contribution >= 4 is 5.91 Å². The lowest BCUT2D eigenvalue weighted by Gasteiger charge is -2.32. The molecule has 0 saturated carbocycles. The molecule has 1 aliphatic rings. The van der Waals surface area contributed by atoms with Gasteiger partial charge in [-0.1, -0.05) is 0 Å². The average Bonchev–Trinajstić information content (AvgIpc) is 3.16. The zero-order valence-corrected chi connectivity index (χ0v) is 13.2. The number of piperidine rings is 1. The topological polar surface area (TPSA) is 77.7 Å². The Morgan fingerprint density at radius 2 is 2.32 bits per heavy atom. The minimum Gasteiger partial charge on any atom is -0.348 e. The molecule has 2 aromatic rings. The minimum atomic E-state index is 0.233. The second-order valence-corrected chi connectivity index (χ2v) is 6.07. The smallest absolute Gasteiger partial charge is 0.222 e. The molecule has 6 nitrogen and oxygen atoms in total. The SMILES string of the molecule is Cc1n[nH]c(C)c1CCC(=O)N1CCC[C@@H](c2ncc[nH]2)C1. The number of hydrogen-bond acceptors (Lipinski definition) is 3. The van der Waals surface area contributed by atoms with Gasteiger partial charge in [0, 0.05) is 43.5 Å². The highest BCUT2D eigenvalue weighted by Gasteiger charge is 2.26. The van der Waals surface area contributed by atoms with Crippen molar-refractivity contribution < 1.29 is 4.79 Å². The number of H-pyrrole nitrogens is 2. The molecule has 1 fully saturated rings. The molecule has 22 heavy (non-hydrogen) atoms. The molecule has 1 aliphatic heterocycles. The maximum Gasteiger partial charge on any atom is 0.222 e. The van der Waals surface area contributed by atoms with Gasteiger partial charge in [-0.15, -0.1) is 0 Å². The predicted octanol–water partition coefficient (Wildman–Crippen LogP) is 2.09. The van der Waals surface area contributed by atoms with Crippen LogP contribution in [0.2, 0.25) is 0 Å². The Morgan fingerprint density at radius 1 is 1.45 bits per heavy atom. The van der Waals surface area contributed by atoms with E-state index in [1.165, 1.54) is 5.56 Å². The lowest BCUT2D eigenvalue weighted by atomic mass is 9.96. The van der Waals surface area contributed by atoms with E-state index in [0.29, 0.717) is 12.3 Å². The molecule has 0 bridgehead atoms. The van der Waals surface area contributed by atoms with Gasteiger partial charge < -0.3 is 9.88 Å². The largest absolute Gasteiger partial charge is 0.348 e. The Kier molecular flexibility index (Phi) is 4.27. The number of nitrogens with zero attached hydrogens (tertiary/aromatic N) is 3. The number of aromatic nitrogens is 4. The van der Waals surface area contributed by atoms with Gasteiger partial charge in [0.1, 0.15) is 5.82 Å². The Morgan fingerprint density at radius 3 is 3.00 bits per heavy atom. The summed E-state index contributed by atoms with van der Waals surface area (Å²) < 4.78 is 0. The van der Waals surface area contributed by atoms with Crippen LogP contribution < -0.4 is 0 Å². The number of nitrogens with one attached hydrogen (secondary N) is 2. The van der Waals surface area contributed by atoms with Crippen LogP contribution in [0.1, 0.15) is 48.0 Å².